The van der Waals surface area contributed by atoms with Gasteiger partial charge in [0.05, 0.1) is 6.04 Å². The van der Waals surface area contributed by atoms with Crippen molar-refractivity contribution in [3.63, 3.8) is 0 Å². The number of hydrogen-bond acceptors (Lipinski definition) is 3. The summed E-state index contributed by atoms with van der Waals surface area (Å²) in [5.41, 5.74) is 2.62. The van der Waals surface area contributed by atoms with Gasteiger partial charge in [-0.05, 0) is 51.5 Å². The molecule has 4 heteroatoms. The van der Waals surface area contributed by atoms with E-state index in [2.05, 4.69) is 55.5 Å². The van der Waals surface area contributed by atoms with Gasteiger partial charge in [-0.25, -0.2) is 0 Å². The first-order valence-electron chi connectivity index (χ1n) is 7.85. The highest BCUT2D eigenvalue weighted by molar-refractivity contribution is 5.82. The summed E-state index contributed by atoms with van der Waals surface area (Å²) in [5, 5.41) is 3.39. The summed E-state index contributed by atoms with van der Waals surface area (Å²) in [7, 11) is 4.13. The van der Waals surface area contributed by atoms with Crippen molar-refractivity contribution in [2.75, 3.05) is 33.7 Å². The number of benzene rings is 1. The SMILES string of the molecule is CCN(CCCN(C)C)C(=O)[C@H]1Cc2ccccc2CN1. The summed E-state index contributed by atoms with van der Waals surface area (Å²) in [6.07, 6.45) is 1.83. The van der Waals surface area contributed by atoms with E-state index in [0.717, 1.165) is 39.0 Å². The molecule has 21 heavy (non-hydrogen) atoms. The van der Waals surface area contributed by atoms with Crippen molar-refractivity contribution in [1.29, 1.82) is 0 Å². The van der Waals surface area contributed by atoms with E-state index in [9.17, 15) is 4.79 Å². The molecule has 0 bridgehead atoms. The first-order chi connectivity index (χ1) is 10.1. The number of hydrogen-bond donors (Lipinski definition) is 1. The molecule has 0 saturated carbocycles. The van der Waals surface area contributed by atoms with Crippen LogP contribution in [0.5, 0.6) is 0 Å². The van der Waals surface area contributed by atoms with E-state index in [4.69, 9.17) is 0 Å². The van der Waals surface area contributed by atoms with E-state index < -0.39 is 0 Å². The van der Waals surface area contributed by atoms with E-state index in [1.165, 1.54) is 11.1 Å². The Bertz CT molecular complexity index is 473. The fraction of sp³-hybridized carbons (Fsp3) is 0.588. The topological polar surface area (TPSA) is 35.6 Å². The fourth-order valence-electron chi connectivity index (χ4n) is 2.85. The highest BCUT2D eigenvalue weighted by atomic mass is 16.2. The van der Waals surface area contributed by atoms with Gasteiger partial charge in [0.25, 0.3) is 0 Å². The van der Waals surface area contributed by atoms with Gasteiger partial charge in [-0.3, -0.25) is 4.79 Å². The summed E-state index contributed by atoms with van der Waals surface area (Å²) in [4.78, 5) is 16.8. The van der Waals surface area contributed by atoms with Crippen LogP contribution in [0.25, 0.3) is 0 Å². The molecular weight excluding hydrogens is 262 g/mol. The molecule has 116 valence electrons. The van der Waals surface area contributed by atoms with E-state index in [-0.39, 0.29) is 11.9 Å². The van der Waals surface area contributed by atoms with Crippen LogP contribution < -0.4 is 5.32 Å². The molecule has 1 aromatic rings. The van der Waals surface area contributed by atoms with Gasteiger partial charge < -0.3 is 15.1 Å². The minimum atomic E-state index is -0.0702. The molecule has 0 aromatic heterocycles. The molecule has 0 aliphatic carbocycles. The van der Waals surface area contributed by atoms with Gasteiger partial charge in [-0.15, -0.1) is 0 Å². The van der Waals surface area contributed by atoms with E-state index in [0.29, 0.717) is 0 Å². The molecule has 0 unspecified atom stereocenters. The van der Waals surface area contributed by atoms with Gasteiger partial charge in [0.15, 0.2) is 0 Å². The standard InChI is InChI=1S/C17H27N3O/c1-4-20(11-7-10-19(2)3)17(21)16-12-14-8-5-6-9-15(14)13-18-16/h5-6,8-9,16,18H,4,7,10-13H2,1-3H3/t16-/m1/s1. The summed E-state index contributed by atoms with van der Waals surface area (Å²) in [6, 6.07) is 8.32. The van der Waals surface area contributed by atoms with Crippen LogP contribution in [0.15, 0.2) is 24.3 Å². The number of nitrogens with zero attached hydrogens (tertiary/aromatic N) is 2. The predicted octanol–water partition coefficient (Wildman–Crippen LogP) is 1.50. The van der Waals surface area contributed by atoms with Gasteiger partial charge in [0, 0.05) is 19.6 Å². The molecule has 1 atom stereocenters. The van der Waals surface area contributed by atoms with Crippen molar-refractivity contribution >= 4 is 5.91 Å². The lowest BCUT2D eigenvalue weighted by molar-refractivity contribution is -0.133. The number of rotatable bonds is 6. The Labute approximate surface area is 128 Å². The molecule has 0 fully saturated rings. The number of amides is 1. The van der Waals surface area contributed by atoms with Crippen LogP contribution >= 0.6 is 0 Å². The van der Waals surface area contributed by atoms with Crippen molar-refractivity contribution in [2.45, 2.75) is 32.4 Å². The third-order valence-electron chi connectivity index (χ3n) is 4.11. The van der Waals surface area contributed by atoms with E-state index in [1.54, 1.807) is 0 Å². The molecule has 1 aliphatic heterocycles. The Kier molecular flexibility index (Phi) is 5.76. The molecular formula is C17H27N3O. The fourth-order valence-corrected chi connectivity index (χ4v) is 2.85. The number of carbonyl (C=O) groups excluding carboxylic acids is 1. The first kappa shape index (κ1) is 16.0. The van der Waals surface area contributed by atoms with Crippen LogP contribution in [0.3, 0.4) is 0 Å². The second-order valence-electron chi connectivity index (χ2n) is 5.98. The Morgan fingerprint density at radius 1 is 1.24 bits per heavy atom. The normalized spacial score (nSPS) is 17.6. The highest BCUT2D eigenvalue weighted by Crippen LogP contribution is 2.17. The quantitative estimate of drug-likeness (QED) is 0.862. The smallest absolute Gasteiger partial charge is 0.240 e. The van der Waals surface area contributed by atoms with Crippen LogP contribution in [0.4, 0.5) is 0 Å². The van der Waals surface area contributed by atoms with Gasteiger partial charge >= 0.3 is 0 Å². The monoisotopic (exact) mass is 289 g/mol. The van der Waals surface area contributed by atoms with Gasteiger partial charge in [-0.2, -0.15) is 0 Å². The maximum absolute atomic E-state index is 12.7. The molecule has 1 N–H and O–H groups in total. The first-order valence-corrected chi connectivity index (χ1v) is 7.85. The molecule has 1 amide bonds. The minimum absolute atomic E-state index is 0.0702. The third-order valence-corrected chi connectivity index (χ3v) is 4.11. The van der Waals surface area contributed by atoms with E-state index in [1.807, 2.05) is 4.90 Å². The molecule has 0 radical (unpaired) electrons. The zero-order chi connectivity index (χ0) is 15.2. The van der Waals surface area contributed by atoms with Crippen molar-refractivity contribution in [3.8, 4) is 0 Å². The second kappa shape index (κ2) is 7.57. The molecule has 4 nitrogen and oxygen atoms in total. The lowest BCUT2D eigenvalue weighted by Gasteiger charge is -2.30. The Hall–Kier alpha value is -1.39. The molecule has 1 heterocycles. The zero-order valence-corrected chi connectivity index (χ0v) is 13.4. The van der Waals surface area contributed by atoms with Gasteiger partial charge in [0.1, 0.15) is 0 Å². The van der Waals surface area contributed by atoms with Crippen molar-refractivity contribution in [1.82, 2.24) is 15.1 Å². The third kappa shape index (κ3) is 4.29. The van der Waals surface area contributed by atoms with Crippen LogP contribution in [0, 0.1) is 0 Å². The van der Waals surface area contributed by atoms with Crippen molar-refractivity contribution in [3.05, 3.63) is 35.4 Å². The van der Waals surface area contributed by atoms with Crippen LogP contribution in [0.1, 0.15) is 24.5 Å². The largest absolute Gasteiger partial charge is 0.342 e. The molecule has 0 saturated heterocycles. The minimum Gasteiger partial charge on any atom is -0.342 e. The maximum Gasteiger partial charge on any atom is 0.240 e. The average Bonchev–Trinajstić information content (AvgIpc) is 2.50. The molecule has 2 rings (SSSR count). The van der Waals surface area contributed by atoms with E-state index >= 15 is 0 Å². The van der Waals surface area contributed by atoms with Crippen LogP contribution in [-0.2, 0) is 17.8 Å². The highest BCUT2D eigenvalue weighted by Gasteiger charge is 2.26. The van der Waals surface area contributed by atoms with Crippen molar-refractivity contribution < 1.29 is 4.79 Å². The van der Waals surface area contributed by atoms with Gasteiger partial charge in [0.2, 0.25) is 5.91 Å². The maximum atomic E-state index is 12.7. The molecule has 0 spiro atoms. The molecule has 1 aromatic carbocycles. The van der Waals surface area contributed by atoms with Crippen molar-refractivity contribution in [2.24, 2.45) is 0 Å². The Morgan fingerprint density at radius 3 is 2.62 bits per heavy atom. The summed E-state index contributed by atoms with van der Waals surface area (Å²) < 4.78 is 0. The van der Waals surface area contributed by atoms with Gasteiger partial charge in [-0.1, -0.05) is 24.3 Å². The zero-order valence-electron chi connectivity index (χ0n) is 13.4. The predicted molar refractivity (Wildman–Crippen MR) is 86.2 cm³/mol. The Balaban J connectivity index is 1.93. The van der Waals surface area contributed by atoms with Crippen LogP contribution in [-0.4, -0.2) is 55.5 Å². The lowest BCUT2D eigenvalue weighted by atomic mass is 9.95. The summed E-state index contributed by atoms with van der Waals surface area (Å²) >= 11 is 0. The number of fused-ring (bicyclic) bond motifs is 1. The summed E-state index contributed by atoms with van der Waals surface area (Å²) in [5.74, 6) is 0.241. The summed E-state index contributed by atoms with van der Waals surface area (Å²) in [6.45, 7) is 5.50. The number of likely N-dealkylation sites (N-methyl/N-ethyl adjacent to an activating group) is 1. The Morgan fingerprint density at radius 2 is 1.95 bits per heavy atom. The number of carbonyl (C=O) groups is 1. The van der Waals surface area contributed by atoms with Crippen LogP contribution in [0.2, 0.25) is 0 Å². The number of nitrogens with one attached hydrogen (secondary N) is 1. The second-order valence-corrected chi connectivity index (χ2v) is 5.98. The lowest BCUT2D eigenvalue weighted by Crippen LogP contribution is -2.49. The molecule has 1 aliphatic rings. The average molecular weight is 289 g/mol.